The van der Waals surface area contributed by atoms with E-state index < -0.39 is 0 Å². The molecule has 28 heavy (non-hydrogen) atoms. The summed E-state index contributed by atoms with van der Waals surface area (Å²) in [6.07, 6.45) is 5.97. The van der Waals surface area contributed by atoms with E-state index in [0.29, 0.717) is 19.6 Å². The van der Waals surface area contributed by atoms with Crippen molar-refractivity contribution in [1.29, 1.82) is 0 Å². The molecule has 1 aromatic heterocycles. The van der Waals surface area contributed by atoms with E-state index in [0.717, 1.165) is 25.3 Å². The minimum Gasteiger partial charge on any atom is -0.357 e. The average molecular weight is 514 g/mol. The number of likely N-dealkylation sites (tertiary alicyclic amines) is 1. The number of halogens is 1. The van der Waals surface area contributed by atoms with Gasteiger partial charge in [-0.3, -0.25) is 14.5 Å². The number of nitrogens with zero attached hydrogens (tertiary/aromatic N) is 2. The van der Waals surface area contributed by atoms with Crippen LogP contribution in [0.1, 0.15) is 25.3 Å². The second kappa shape index (κ2) is 9.39. The minimum absolute atomic E-state index is 0. The van der Waals surface area contributed by atoms with Crippen molar-refractivity contribution in [2.24, 2.45) is 28.7 Å². The van der Waals surface area contributed by atoms with E-state index in [9.17, 15) is 9.59 Å². The standard InChI is InChI=1S/C20H26N4O2S.HI/c1-2-21-20(23-11-13-6-9-27-12-13)22-7-3-8-24-18(25)16-14-4-5-15(10-14)17(16)19(24)26;/h4-6,9,12,14-17H,2-3,7-8,10-11H2,1H3,(H2,21,22,23);1H. The molecule has 3 aliphatic rings. The fraction of sp³-hybridized carbons (Fsp3) is 0.550. The molecule has 152 valence electrons. The van der Waals surface area contributed by atoms with Crippen LogP contribution in [-0.4, -0.2) is 42.3 Å². The van der Waals surface area contributed by atoms with Crippen molar-refractivity contribution >= 4 is 53.1 Å². The van der Waals surface area contributed by atoms with Gasteiger partial charge >= 0.3 is 0 Å². The molecular formula is C20H27IN4O2S. The van der Waals surface area contributed by atoms with Gasteiger partial charge in [0.2, 0.25) is 11.8 Å². The number of thiophene rings is 1. The Labute approximate surface area is 186 Å². The first-order chi connectivity index (χ1) is 13.2. The Kier molecular flexibility index (Phi) is 7.14. The molecule has 1 aromatic rings. The first-order valence-corrected chi connectivity index (χ1v) is 10.7. The molecule has 1 saturated carbocycles. The van der Waals surface area contributed by atoms with Gasteiger partial charge < -0.3 is 10.6 Å². The van der Waals surface area contributed by atoms with Crippen LogP contribution in [0.25, 0.3) is 0 Å². The number of nitrogens with one attached hydrogen (secondary N) is 2. The van der Waals surface area contributed by atoms with Crippen LogP contribution in [0.3, 0.4) is 0 Å². The van der Waals surface area contributed by atoms with Gasteiger partial charge in [-0.15, -0.1) is 24.0 Å². The van der Waals surface area contributed by atoms with E-state index in [1.54, 1.807) is 11.3 Å². The summed E-state index contributed by atoms with van der Waals surface area (Å²) >= 11 is 1.67. The predicted octanol–water partition coefficient (Wildman–Crippen LogP) is 2.62. The molecule has 4 unspecified atom stereocenters. The summed E-state index contributed by atoms with van der Waals surface area (Å²) in [5, 5.41) is 10.7. The normalized spacial score (nSPS) is 27.9. The van der Waals surface area contributed by atoms with Gasteiger partial charge in [0.15, 0.2) is 5.96 Å². The summed E-state index contributed by atoms with van der Waals surface area (Å²) in [6, 6.07) is 2.07. The number of amides is 2. The van der Waals surface area contributed by atoms with Crippen molar-refractivity contribution in [2.45, 2.75) is 26.3 Å². The molecule has 0 spiro atoms. The van der Waals surface area contributed by atoms with E-state index >= 15 is 0 Å². The number of hydrogen-bond donors (Lipinski definition) is 2. The van der Waals surface area contributed by atoms with Gasteiger partial charge in [-0.05, 0) is 54.0 Å². The van der Waals surface area contributed by atoms with Crippen LogP contribution in [0.4, 0.5) is 0 Å². The number of guanidine groups is 1. The van der Waals surface area contributed by atoms with Crippen molar-refractivity contribution in [3.05, 3.63) is 34.5 Å². The maximum Gasteiger partial charge on any atom is 0.233 e. The van der Waals surface area contributed by atoms with Crippen LogP contribution in [0.15, 0.2) is 34.0 Å². The van der Waals surface area contributed by atoms with Gasteiger partial charge in [0.05, 0.1) is 18.4 Å². The molecule has 1 saturated heterocycles. The lowest BCUT2D eigenvalue weighted by Crippen LogP contribution is -2.40. The lowest BCUT2D eigenvalue weighted by atomic mass is 9.85. The van der Waals surface area contributed by atoms with Crippen molar-refractivity contribution in [2.75, 3.05) is 19.6 Å². The predicted molar refractivity (Wildman–Crippen MR) is 122 cm³/mol. The number of carbonyl (C=O) groups excluding carboxylic acids is 2. The molecular weight excluding hydrogens is 487 g/mol. The fourth-order valence-corrected chi connectivity index (χ4v) is 5.18. The van der Waals surface area contributed by atoms with E-state index in [4.69, 9.17) is 0 Å². The Hall–Kier alpha value is -1.42. The molecule has 4 rings (SSSR count). The summed E-state index contributed by atoms with van der Waals surface area (Å²) < 4.78 is 0. The molecule has 2 heterocycles. The van der Waals surface area contributed by atoms with Crippen molar-refractivity contribution in [1.82, 2.24) is 15.5 Å². The molecule has 2 N–H and O–H groups in total. The van der Waals surface area contributed by atoms with Gasteiger partial charge in [-0.25, -0.2) is 4.99 Å². The Morgan fingerprint density at radius 3 is 2.54 bits per heavy atom. The molecule has 2 bridgehead atoms. The number of hydrogen-bond acceptors (Lipinski definition) is 4. The van der Waals surface area contributed by atoms with Crippen LogP contribution in [-0.2, 0) is 16.1 Å². The Balaban J connectivity index is 0.00000225. The maximum absolute atomic E-state index is 12.7. The highest BCUT2D eigenvalue weighted by atomic mass is 127. The summed E-state index contributed by atoms with van der Waals surface area (Å²) in [6.45, 7) is 4.62. The van der Waals surface area contributed by atoms with Crippen molar-refractivity contribution in [3.8, 4) is 0 Å². The Morgan fingerprint density at radius 1 is 1.21 bits per heavy atom. The third kappa shape index (κ3) is 4.12. The molecule has 2 amide bonds. The summed E-state index contributed by atoms with van der Waals surface area (Å²) in [4.78, 5) is 31.4. The number of fused-ring (bicyclic) bond motifs is 5. The summed E-state index contributed by atoms with van der Waals surface area (Å²) in [5.41, 5.74) is 1.19. The number of allylic oxidation sites excluding steroid dienone is 2. The lowest BCUT2D eigenvalue weighted by Gasteiger charge is -2.18. The number of aliphatic imine (C=N–C) groups is 1. The van der Waals surface area contributed by atoms with Crippen molar-refractivity contribution < 1.29 is 9.59 Å². The smallest absolute Gasteiger partial charge is 0.233 e. The zero-order chi connectivity index (χ0) is 18.8. The highest BCUT2D eigenvalue weighted by Gasteiger charge is 2.58. The number of rotatable bonds is 7. The molecule has 6 nitrogen and oxygen atoms in total. The van der Waals surface area contributed by atoms with Crippen LogP contribution in [0.5, 0.6) is 0 Å². The molecule has 2 fully saturated rings. The minimum atomic E-state index is -0.0926. The largest absolute Gasteiger partial charge is 0.357 e. The number of imide groups is 1. The first kappa shape index (κ1) is 21.3. The maximum atomic E-state index is 12.7. The molecule has 1 aliphatic heterocycles. The van der Waals surface area contributed by atoms with Gasteiger partial charge in [0, 0.05) is 19.6 Å². The van der Waals surface area contributed by atoms with Gasteiger partial charge in [0.1, 0.15) is 0 Å². The van der Waals surface area contributed by atoms with Crippen LogP contribution in [0, 0.1) is 23.7 Å². The van der Waals surface area contributed by atoms with Crippen LogP contribution in [0.2, 0.25) is 0 Å². The van der Waals surface area contributed by atoms with Crippen LogP contribution >= 0.6 is 35.3 Å². The second-order valence-corrected chi connectivity index (χ2v) is 8.22. The SMILES string of the molecule is CCNC(=NCc1ccsc1)NCCCN1C(=O)C2C3C=CC(C3)C2C1=O.I. The molecule has 0 aromatic carbocycles. The van der Waals surface area contributed by atoms with E-state index in [2.05, 4.69) is 39.2 Å². The van der Waals surface area contributed by atoms with E-state index in [-0.39, 0.29) is 59.5 Å². The Morgan fingerprint density at radius 2 is 1.93 bits per heavy atom. The molecule has 2 aliphatic carbocycles. The summed E-state index contributed by atoms with van der Waals surface area (Å²) in [5.74, 6) is 1.23. The monoisotopic (exact) mass is 514 g/mol. The Bertz CT molecular complexity index is 734. The first-order valence-electron chi connectivity index (χ1n) is 9.76. The second-order valence-electron chi connectivity index (χ2n) is 7.44. The zero-order valence-electron chi connectivity index (χ0n) is 16.0. The fourth-order valence-electron chi connectivity index (χ4n) is 4.52. The summed E-state index contributed by atoms with van der Waals surface area (Å²) in [7, 11) is 0. The lowest BCUT2D eigenvalue weighted by molar-refractivity contribution is -0.140. The zero-order valence-corrected chi connectivity index (χ0v) is 19.1. The van der Waals surface area contributed by atoms with Gasteiger partial charge in [0.25, 0.3) is 0 Å². The van der Waals surface area contributed by atoms with Gasteiger partial charge in [-0.1, -0.05) is 12.2 Å². The topological polar surface area (TPSA) is 73.8 Å². The van der Waals surface area contributed by atoms with E-state index in [1.165, 1.54) is 10.5 Å². The van der Waals surface area contributed by atoms with Crippen LogP contribution < -0.4 is 10.6 Å². The average Bonchev–Trinajstić information content (AvgIpc) is 3.44. The molecule has 8 heteroatoms. The van der Waals surface area contributed by atoms with Gasteiger partial charge in [-0.2, -0.15) is 11.3 Å². The van der Waals surface area contributed by atoms with E-state index in [1.807, 2.05) is 12.3 Å². The molecule has 4 atom stereocenters. The highest BCUT2D eigenvalue weighted by Crippen LogP contribution is 2.52. The highest BCUT2D eigenvalue weighted by molar-refractivity contribution is 14.0. The number of carbonyl (C=O) groups is 2. The third-order valence-corrected chi connectivity index (χ3v) is 6.49. The molecule has 0 radical (unpaired) electrons. The quantitative estimate of drug-likeness (QED) is 0.147. The van der Waals surface area contributed by atoms with Crippen molar-refractivity contribution in [3.63, 3.8) is 0 Å². The third-order valence-electron chi connectivity index (χ3n) is 5.76.